The summed E-state index contributed by atoms with van der Waals surface area (Å²) in [7, 11) is 0. The molecular formula is C16H12Cl2N2O5. The van der Waals surface area contributed by atoms with E-state index >= 15 is 0 Å². The number of carbonyl (C=O) groups is 1. The zero-order valence-electron chi connectivity index (χ0n) is 13.0. The largest absolute Gasteiger partial charge is 0.437 e. The molecule has 0 atom stereocenters. The molecule has 25 heavy (non-hydrogen) atoms. The molecule has 0 aliphatic heterocycles. The molecule has 2 rings (SSSR count). The normalized spacial score (nSPS) is 10.2. The molecule has 9 heteroatoms. The second-order valence-electron chi connectivity index (χ2n) is 4.73. The van der Waals surface area contributed by atoms with Gasteiger partial charge in [0.15, 0.2) is 0 Å². The molecular weight excluding hydrogens is 371 g/mol. The average molecular weight is 383 g/mol. The topological polar surface area (TPSA) is 91.6 Å². The highest BCUT2D eigenvalue weighted by molar-refractivity contribution is 6.42. The van der Waals surface area contributed by atoms with Gasteiger partial charge in [0, 0.05) is 24.8 Å². The third kappa shape index (κ3) is 4.46. The summed E-state index contributed by atoms with van der Waals surface area (Å²) in [4.78, 5) is 26.5. The first-order chi connectivity index (χ1) is 11.8. The van der Waals surface area contributed by atoms with Crippen molar-refractivity contribution in [2.45, 2.75) is 13.3 Å². The Labute approximate surface area is 152 Å². The Bertz CT molecular complexity index is 854. The van der Waals surface area contributed by atoms with Crippen molar-refractivity contribution in [1.82, 2.24) is 4.98 Å². The molecule has 0 aliphatic rings. The van der Waals surface area contributed by atoms with Crippen molar-refractivity contribution in [1.29, 1.82) is 0 Å². The number of allylic oxidation sites excluding steroid dienone is 1. The lowest BCUT2D eigenvalue weighted by Gasteiger charge is -2.09. The van der Waals surface area contributed by atoms with Crippen LogP contribution in [0.1, 0.15) is 23.7 Å². The van der Waals surface area contributed by atoms with Crippen LogP contribution in [0.25, 0.3) is 0 Å². The molecule has 0 bridgehead atoms. The Hall–Kier alpha value is -2.64. The van der Waals surface area contributed by atoms with Gasteiger partial charge in [-0.2, -0.15) is 0 Å². The van der Waals surface area contributed by atoms with E-state index in [9.17, 15) is 14.9 Å². The maximum absolute atomic E-state index is 12.2. The number of esters is 1. The zero-order valence-corrected chi connectivity index (χ0v) is 14.5. The number of rotatable bonds is 6. The monoisotopic (exact) mass is 382 g/mol. The predicted octanol–water partition coefficient (Wildman–Crippen LogP) is 5.17. The smallest absolute Gasteiger partial charge is 0.350 e. The minimum absolute atomic E-state index is 0.000282. The van der Waals surface area contributed by atoms with Crippen LogP contribution in [0.3, 0.4) is 0 Å². The number of benzene rings is 1. The van der Waals surface area contributed by atoms with Crippen LogP contribution in [-0.4, -0.2) is 15.9 Å². The number of hydrogen-bond acceptors (Lipinski definition) is 6. The molecule has 0 saturated carbocycles. The van der Waals surface area contributed by atoms with Crippen molar-refractivity contribution in [2.24, 2.45) is 0 Å². The van der Waals surface area contributed by atoms with E-state index < -0.39 is 16.6 Å². The van der Waals surface area contributed by atoms with Crippen molar-refractivity contribution in [2.75, 3.05) is 0 Å². The molecule has 0 aliphatic carbocycles. The number of ether oxygens (including phenoxy) is 2. The molecule has 0 N–H and O–H groups in total. The fourth-order valence-electron chi connectivity index (χ4n) is 1.74. The van der Waals surface area contributed by atoms with Crippen LogP contribution in [0, 0.1) is 10.1 Å². The van der Waals surface area contributed by atoms with Gasteiger partial charge >= 0.3 is 5.97 Å². The number of aromatic nitrogens is 1. The van der Waals surface area contributed by atoms with E-state index in [0.29, 0.717) is 6.42 Å². The Kier molecular flexibility index (Phi) is 5.95. The summed E-state index contributed by atoms with van der Waals surface area (Å²) >= 11 is 11.9. The van der Waals surface area contributed by atoms with Gasteiger partial charge in [-0.15, -0.1) is 0 Å². The van der Waals surface area contributed by atoms with Crippen molar-refractivity contribution in [3.8, 4) is 11.6 Å². The van der Waals surface area contributed by atoms with Crippen molar-refractivity contribution < 1.29 is 19.2 Å². The molecule has 0 unspecified atom stereocenters. The number of halogens is 2. The highest BCUT2D eigenvalue weighted by Crippen LogP contribution is 2.34. The van der Waals surface area contributed by atoms with E-state index in [1.165, 1.54) is 24.4 Å². The maximum Gasteiger partial charge on any atom is 0.350 e. The predicted molar refractivity (Wildman–Crippen MR) is 92.3 cm³/mol. The molecule has 0 fully saturated rings. The van der Waals surface area contributed by atoms with Crippen LogP contribution in [-0.2, 0) is 4.74 Å². The van der Waals surface area contributed by atoms with Crippen LogP contribution in [0.5, 0.6) is 11.6 Å². The first kappa shape index (κ1) is 18.7. The van der Waals surface area contributed by atoms with Gasteiger partial charge in [-0.25, -0.2) is 9.78 Å². The Balaban J connectivity index is 2.39. The molecule has 1 aromatic heterocycles. The summed E-state index contributed by atoms with van der Waals surface area (Å²) in [6.45, 7) is 5.27. The van der Waals surface area contributed by atoms with Gasteiger partial charge in [-0.1, -0.05) is 36.7 Å². The summed E-state index contributed by atoms with van der Waals surface area (Å²) in [5, 5.41) is 11.4. The highest BCUT2D eigenvalue weighted by atomic mass is 35.5. The molecule has 130 valence electrons. The first-order valence-corrected chi connectivity index (χ1v) is 7.75. The lowest BCUT2D eigenvalue weighted by molar-refractivity contribution is -0.385. The lowest BCUT2D eigenvalue weighted by Crippen LogP contribution is -2.08. The van der Waals surface area contributed by atoms with Crippen molar-refractivity contribution >= 4 is 34.9 Å². The Morgan fingerprint density at radius 2 is 2.08 bits per heavy atom. The van der Waals surface area contributed by atoms with Gasteiger partial charge < -0.3 is 9.47 Å². The summed E-state index contributed by atoms with van der Waals surface area (Å²) in [6, 6.07) is 5.08. The standard InChI is InChI=1S/C16H12Cl2N2O5/c1-3-9(2)24-16(21)11-8-10(4-5-13(11)20(22)23)25-15-14(18)12(17)6-7-19-15/h4-8H,2-3H2,1H3. The van der Waals surface area contributed by atoms with Crippen LogP contribution in [0.2, 0.25) is 10.0 Å². The van der Waals surface area contributed by atoms with E-state index in [4.69, 9.17) is 32.7 Å². The van der Waals surface area contributed by atoms with E-state index in [1.807, 2.05) is 0 Å². The van der Waals surface area contributed by atoms with Gasteiger partial charge in [0.1, 0.15) is 22.1 Å². The molecule has 1 aromatic carbocycles. The van der Waals surface area contributed by atoms with Gasteiger partial charge in [0.05, 0.1) is 9.95 Å². The third-order valence-corrected chi connectivity index (χ3v) is 3.82. The average Bonchev–Trinajstić information content (AvgIpc) is 2.58. The molecule has 1 heterocycles. The second kappa shape index (κ2) is 7.96. The van der Waals surface area contributed by atoms with E-state index in [2.05, 4.69) is 11.6 Å². The summed E-state index contributed by atoms with van der Waals surface area (Å²) in [5.74, 6) is -0.615. The van der Waals surface area contributed by atoms with E-state index in [1.54, 1.807) is 6.92 Å². The second-order valence-corrected chi connectivity index (χ2v) is 5.52. The summed E-state index contributed by atoms with van der Waals surface area (Å²) < 4.78 is 10.4. The first-order valence-electron chi connectivity index (χ1n) is 6.99. The Morgan fingerprint density at radius 1 is 1.36 bits per heavy atom. The van der Waals surface area contributed by atoms with Crippen LogP contribution >= 0.6 is 23.2 Å². The van der Waals surface area contributed by atoms with Gasteiger partial charge in [-0.05, 0) is 12.1 Å². The molecule has 0 saturated heterocycles. The van der Waals surface area contributed by atoms with Crippen molar-refractivity contribution in [3.63, 3.8) is 0 Å². The molecule has 7 nitrogen and oxygen atoms in total. The van der Waals surface area contributed by atoms with Gasteiger partial charge in [0.25, 0.3) is 5.69 Å². The number of nitro groups is 1. The number of carbonyl (C=O) groups excluding carboxylic acids is 1. The van der Waals surface area contributed by atoms with E-state index in [-0.39, 0.29) is 33.0 Å². The molecule has 0 radical (unpaired) electrons. The van der Waals surface area contributed by atoms with Gasteiger partial charge in [-0.3, -0.25) is 10.1 Å². The molecule has 0 spiro atoms. The fourth-order valence-corrected chi connectivity index (χ4v) is 2.03. The minimum atomic E-state index is -0.908. The minimum Gasteiger partial charge on any atom is -0.437 e. The molecule has 2 aromatic rings. The number of nitrogens with zero attached hydrogens (tertiary/aromatic N) is 2. The fraction of sp³-hybridized carbons (Fsp3) is 0.125. The molecule has 0 amide bonds. The summed E-state index contributed by atoms with van der Waals surface area (Å²) in [6.07, 6.45) is 1.77. The lowest BCUT2D eigenvalue weighted by atomic mass is 10.1. The van der Waals surface area contributed by atoms with Crippen LogP contribution in [0.15, 0.2) is 42.8 Å². The highest BCUT2D eigenvalue weighted by Gasteiger charge is 2.23. The van der Waals surface area contributed by atoms with Crippen molar-refractivity contribution in [3.05, 3.63) is 68.5 Å². The van der Waals surface area contributed by atoms with E-state index in [0.717, 1.165) is 6.07 Å². The third-order valence-electron chi connectivity index (χ3n) is 3.04. The SMILES string of the molecule is C=C(CC)OC(=O)c1cc(Oc2nccc(Cl)c2Cl)ccc1[N+](=O)[O-]. The number of nitro benzene ring substituents is 1. The number of pyridine rings is 1. The van der Waals surface area contributed by atoms with Gasteiger partial charge in [0.2, 0.25) is 5.88 Å². The Morgan fingerprint density at radius 3 is 2.72 bits per heavy atom. The zero-order chi connectivity index (χ0) is 18.6. The quantitative estimate of drug-likeness (QED) is 0.296. The van der Waals surface area contributed by atoms with Crippen LogP contribution < -0.4 is 4.74 Å². The summed E-state index contributed by atoms with van der Waals surface area (Å²) in [5.41, 5.74) is -0.707. The maximum atomic E-state index is 12.2. The number of hydrogen-bond donors (Lipinski definition) is 0. The van der Waals surface area contributed by atoms with Crippen LogP contribution in [0.4, 0.5) is 5.69 Å².